The van der Waals surface area contributed by atoms with Gasteiger partial charge in [0.05, 0.1) is 24.9 Å². The van der Waals surface area contributed by atoms with E-state index in [1.165, 1.54) is 37.6 Å². The van der Waals surface area contributed by atoms with Crippen molar-refractivity contribution in [2.24, 2.45) is 5.10 Å². The molecule has 2 amide bonds. The van der Waals surface area contributed by atoms with Crippen molar-refractivity contribution >= 4 is 29.4 Å². The maximum atomic E-state index is 12.5. The number of carbonyl (C=O) groups is 2. The number of methoxy groups -OCH3 is 1. The number of benzene rings is 3. The van der Waals surface area contributed by atoms with Gasteiger partial charge < -0.3 is 14.8 Å². The molecule has 0 spiro atoms. The fourth-order valence-electron chi connectivity index (χ4n) is 2.95. The third-order valence-corrected chi connectivity index (χ3v) is 4.61. The molecule has 0 saturated heterocycles. The van der Waals surface area contributed by atoms with E-state index in [1.54, 1.807) is 49.4 Å². The lowest BCUT2D eigenvalue weighted by Gasteiger charge is -2.08. The molecule has 0 aliphatic carbocycles. The van der Waals surface area contributed by atoms with E-state index >= 15 is 0 Å². The number of carbonyl (C=O) groups excluding carboxylic acids is 2. The molecule has 0 aliphatic rings. The Morgan fingerprint density at radius 1 is 1.03 bits per heavy atom. The minimum atomic E-state index is -0.530. The normalized spacial score (nSPS) is 10.5. The summed E-state index contributed by atoms with van der Waals surface area (Å²) >= 11 is 0. The van der Waals surface area contributed by atoms with Crippen LogP contribution in [0.15, 0.2) is 71.8 Å². The largest absolute Gasteiger partial charge is 0.497 e. The number of nitro benzene ring substituents is 1. The number of hydrazone groups is 1. The van der Waals surface area contributed by atoms with E-state index in [0.29, 0.717) is 34.9 Å². The van der Waals surface area contributed by atoms with E-state index in [0.717, 1.165) is 0 Å². The Hall–Kier alpha value is -4.73. The fourth-order valence-corrected chi connectivity index (χ4v) is 2.95. The van der Waals surface area contributed by atoms with Crippen LogP contribution < -0.4 is 20.2 Å². The van der Waals surface area contributed by atoms with Crippen molar-refractivity contribution in [1.82, 2.24) is 5.43 Å². The van der Waals surface area contributed by atoms with Crippen molar-refractivity contribution in [3.8, 4) is 11.5 Å². The topological polar surface area (TPSA) is 132 Å². The molecule has 0 heterocycles. The lowest BCUT2D eigenvalue weighted by atomic mass is 10.1. The van der Waals surface area contributed by atoms with Crippen LogP contribution in [0.4, 0.5) is 11.4 Å². The van der Waals surface area contributed by atoms with Crippen molar-refractivity contribution < 1.29 is 24.0 Å². The first-order chi connectivity index (χ1) is 16.4. The van der Waals surface area contributed by atoms with Crippen molar-refractivity contribution in [2.45, 2.75) is 6.92 Å². The number of anilines is 1. The van der Waals surface area contributed by atoms with E-state index in [4.69, 9.17) is 9.47 Å². The summed E-state index contributed by atoms with van der Waals surface area (Å²) in [4.78, 5) is 35.5. The van der Waals surface area contributed by atoms with Gasteiger partial charge in [-0.15, -0.1) is 0 Å². The molecule has 0 saturated carbocycles. The first kappa shape index (κ1) is 23.9. The third-order valence-electron chi connectivity index (χ3n) is 4.61. The summed E-state index contributed by atoms with van der Waals surface area (Å²) < 4.78 is 10.5. The molecular weight excluding hydrogens is 440 g/mol. The number of hydrogen-bond donors (Lipinski definition) is 2. The average Bonchev–Trinajstić information content (AvgIpc) is 2.85. The van der Waals surface area contributed by atoms with Crippen LogP contribution in [0, 0.1) is 10.1 Å². The van der Waals surface area contributed by atoms with Crippen LogP contribution in [0.5, 0.6) is 11.5 Å². The second kappa shape index (κ2) is 11.2. The number of nitrogens with zero attached hydrogens (tertiary/aromatic N) is 2. The smallest absolute Gasteiger partial charge is 0.271 e. The first-order valence-electron chi connectivity index (χ1n) is 10.2. The Morgan fingerprint density at radius 3 is 2.47 bits per heavy atom. The molecule has 0 aliphatic heterocycles. The van der Waals surface area contributed by atoms with Crippen LogP contribution in [-0.2, 0) is 0 Å². The Bertz CT molecular complexity index is 1220. The van der Waals surface area contributed by atoms with Crippen LogP contribution in [0.3, 0.4) is 0 Å². The summed E-state index contributed by atoms with van der Waals surface area (Å²) in [6.45, 7) is 2.14. The number of nitro groups is 1. The molecule has 0 atom stereocenters. The van der Waals surface area contributed by atoms with Gasteiger partial charge in [0, 0.05) is 34.5 Å². The molecule has 174 valence electrons. The molecule has 3 aromatic rings. The Balaban J connectivity index is 1.68. The van der Waals surface area contributed by atoms with Crippen LogP contribution in [0.2, 0.25) is 0 Å². The zero-order valence-electron chi connectivity index (χ0n) is 18.5. The van der Waals surface area contributed by atoms with E-state index in [2.05, 4.69) is 15.8 Å². The number of ether oxygens (including phenoxy) is 2. The van der Waals surface area contributed by atoms with Crippen LogP contribution in [0.1, 0.15) is 33.2 Å². The summed E-state index contributed by atoms with van der Waals surface area (Å²) in [6.07, 6.45) is 1.27. The number of hydrogen-bond acceptors (Lipinski definition) is 7. The molecular formula is C24H22N4O6. The highest BCUT2D eigenvalue weighted by molar-refractivity contribution is 6.05. The molecule has 0 bridgehead atoms. The highest BCUT2D eigenvalue weighted by atomic mass is 16.6. The van der Waals surface area contributed by atoms with Crippen LogP contribution >= 0.6 is 0 Å². The Morgan fingerprint density at radius 2 is 1.79 bits per heavy atom. The number of nitrogens with one attached hydrogen (secondary N) is 2. The van der Waals surface area contributed by atoms with Gasteiger partial charge in [-0.05, 0) is 55.5 Å². The molecule has 10 nitrogen and oxygen atoms in total. The van der Waals surface area contributed by atoms with Gasteiger partial charge >= 0.3 is 0 Å². The number of rotatable bonds is 9. The predicted molar refractivity (Wildman–Crippen MR) is 127 cm³/mol. The third kappa shape index (κ3) is 6.16. The minimum Gasteiger partial charge on any atom is -0.497 e. The number of amides is 2. The fraction of sp³-hybridized carbons (Fsp3) is 0.125. The van der Waals surface area contributed by atoms with Gasteiger partial charge in [0.2, 0.25) is 0 Å². The molecule has 0 radical (unpaired) electrons. The van der Waals surface area contributed by atoms with Crippen molar-refractivity contribution in [2.75, 3.05) is 19.0 Å². The monoisotopic (exact) mass is 462 g/mol. The van der Waals surface area contributed by atoms with Gasteiger partial charge in [0.15, 0.2) is 0 Å². The average molecular weight is 462 g/mol. The lowest BCUT2D eigenvalue weighted by Crippen LogP contribution is -2.18. The second-order valence-corrected chi connectivity index (χ2v) is 6.87. The van der Waals surface area contributed by atoms with E-state index in [1.807, 2.05) is 0 Å². The molecule has 0 unspecified atom stereocenters. The quantitative estimate of drug-likeness (QED) is 0.280. The highest BCUT2D eigenvalue weighted by Crippen LogP contribution is 2.23. The van der Waals surface area contributed by atoms with Gasteiger partial charge in [-0.2, -0.15) is 5.10 Å². The van der Waals surface area contributed by atoms with Gasteiger partial charge in [-0.3, -0.25) is 19.7 Å². The molecule has 3 rings (SSSR count). The summed E-state index contributed by atoms with van der Waals surface area (Å²) in [5.41, 5.74) is 3.70. The van der Waals surface area contributed by atoms with Crippen LogP contribution in [-0.4, -0.2) is 36.7 Å². The zero-order valence-corrected chi connectivity index (χ0v) is 18.5. The molecule has 34 heavy (non-hydrogen) atoms. The second-order valence-electron chi connectivity index (χ2n) is 6.87. The van der Waals surface area contributed by atoms with Gasteiger partial charge in [-0.25, -0.2) is 5.43 Å². The molecule has 0 aromatic heterocycles. The molecule has 10 heteroatoms. The zero-order chi connectivity index (χ0) is 24.5. The molecule has 3 aromatic carbocycles. The maximum Gasteiger partial charge on any atom is 0.271 e. The van der Waals surface area contributed by atoms with Crippen molar-refractivity contribution in [3.05, 3.63) is 93.5 Å². The van der Waals surface area contributed by atoms with Gasteiger partial charge in [0.1, 0.15) is 11.5 Å². The Kier molecular flexibility index (Phi) is 7.90. The summed E-state index contributed by atoms with van der Waals surface area (Å²) in [6, 6.07) is 17.0. The lowest BCUT2D eigenvalue weighted by molar-refractivity contribution is -0.384. The predicted octanol–water partition coefficient (Wildman–Crippen LogP) is 4.02. The molecule has 2 N–H and O–H groups in total. The number of non-ortho nitro benzene ring substituents is 1. The summed E-state index contributed by atoms with van der Waals surface area (Å²) in [5, 5.41) is 17.7. The van der Waals surface area contributed by atoms with E-state index < -0.39 is 10.8 Å². The summed E-state index contributed by atoms with van der Waals surface area (Å²) in [7, 11) is 1.54. The molecule has 0 fully saturated rings. The minimum absolute atomic E-state index is 0.128. The Labute approximate surface area is 195 Å². The first-order valence-corrected chi connectivity index (χ1v) is 10.2. The van der Waals surface area contributed by atoms with Crippen molar-refractivity contribution in [1.29, 1.82) is 0 Å². The highest BCUT2D eigenvalue weighted by Gasteiger charge is 2.12. The SMILES string of the molecule is CCOc1ccc([N+](=O)[O-])cc1/C=N\NC(=O)c1cccc(NC(=O)c2ccc(OC)cc2)c1. The van der Waals surface area contributed by atoms with Gasteiger partial charge in [0.25, 0.3) is 17.5 Å². The van der Waals surface area contributed by atoms with E-state index in [9.17, 15) is 19.7 Å². The standard InChI is InChI=1S/C24H22N4O6/c1-3-34-22-12-9-20(28(31)32)14-18(22)15-25-27-24(30)17-5-4-6-19(13-17)26-23(29)16-7-10-21(33-2)11-8-16/h4-15H,3H2,1-2H3,(H,26,29)(H,27,30)/b25-15-. The van der Waals surface area contributed by atoms with Crippen LogP contribution in [0.25, 0.3) is 0 Å². The maximum absolute atomic E-state index is 12.5. The van der Waals surface area contributed by atoms with E-state index in [-0.39, 0.29) is 17.2 Å². The van der Waals surface area contributed by atoms with Crippen molar-refractivity contribution in [3.63, 3.8) is 0 Å². The summed E-state index contributed by atoms with van der Waals surface area (Å²) in [5.74, 6) is 0.163. The van der Waals surface area contributed by atoms with Gasteiger partial charge in [-0.1, -0.05) is 6.07 Å².